The van der Waals surface area contributed by atoms with Crippen molar-refractivity contribution in [2.75, 3.05) is 30.5 Å². The smallest absolute Gasteiger partial charge is 0.148 e. The normalized spacial score (nSPS) is 16.6. The predicted molar refractivity (Wildman–Crippen MR) is 76.0 cm³/mol. The summed E-state index contributed by atoms with van der Waals surface area (Å²) < 4.78 is 5.37. The first-order chi connectivity index (χ1) is 9.22. The number of nitrogens with two attached hydrogens (primary N) is 1. The first-order valence-corrected chi connectivity index (χ1v) is 6.85. The number of rotatable bonds is 5. The first-order valence-electron chi connectivity index (χ1n) is 6.85. The van der Waals surface area contributed by atoms with Crippen molar-refractivity contribution in [3.05, 3.63) is 11.9 Å². The van der Waals surface area contributed by atoms with Gasteiger partial charge in [-0.15, -0.1) is 0 Å². The molecule has 0 aliphatic carbocycles. The van der Waals surface area contributed by atoms with Crippen LogP contribution in [0.2, 0.25) is 0 Å². The fourth-order valence-corrected chi connectivity index (χ4v) is 2.39. The number of aromatic nitrogens is 2. The van der Waals surface area contributed by atoms with Crippen molar-refractivity contribution in [2.24, 2.45) is 11.8 Å². The fourth-order valence-electron chi connectivity index (χ4n) is 2.39. The highest BCUT2D eigenvalue weighted by Gasteiger charge is 2.17. The number of nitrogens with one attached hydrogen (secondary N) is 2. The summed E-state index contributed by atoms with van der Waals surface area (Å²) in [6, 6.07) is 0. The second-order valence-electron chi connectivity index (χ2n) is 5.22. The molecule has 1 aromatic rings. The van der Waals surface area contributed by atoms with Crippen LogP contribution in [-0.4, -0.2) is 29.7 Å². The van der Waals surface area contributed by atoms with Crippen LogP contribution in [-0.2, 0) is 4.74 Å². The van der Waals surface area contributed by atoms with E-state index in [4.69, 9.17) is 10.6 Å². The van der Waals surface area contributed by atoms with Gasteiger partial charge in [0.15, 0.2) is 0 Å². The number of hydrazine groups is 1. The Labute approximate surface area is 114 Å². The lowest BCUT2D eigenvalue weighted by molar-refractivity contribution is 0.0699. The van der Waals surface area contributed by atoms with Gasteiger partial charge in [-0.25, -0.2) is 15.8 Å². The number of anilines is 2. The van der Waals surface area contributed by atoms with E-state index in [-0.39, 0.29) is 0 Å². The van der Waals surface area contributed by atoms with E-state index < -0.39 is 0 Å². The van der Waals surface area contributed by atoms with E-state index in [9.17, 15) is 0 Å². The van der Waals surface area contributed by atoms with Gasteiger partial charge in [0, 0.05) is 25.3 Å². The molecule has 2 heterocycles. The maximum absolute atomic E-state index is 5.51. The van der Waals surface area contributed by atoms with E-state index in [0.717, 1.165) is 44.0 Å². The van der Waals surface area contributed by atoms with E-state index in [2.05, 4.69) is 34.6 Å². The van der Waals surface area contributed by atoms with Crippen LogP contribution in [0.4, 0.5) is 11.6 Å². The number of ether oxygens (including phenoxy) is 1. The minimum Gasteiger partial charge on any atom is -0.381 e. The number of nitrogens with zero attached hydrogens (tertiary/aromatic N) is 2. The van der Waals surface area contributed by atoms with Crippen molar-refractivity contribution in [1.82, 2.24) is 9.97 Å². The molecule has 1 fully saturated rings. The van der Waals surface area contributed by atoms with Gasteiger partial charge in [0.2, 0.25) is 0 Å². The summed E-state index contributed by atoms with van der Waals surface area (Å²) >= 11 is 0. The van der Waals surface area contributed by atoms with Crippen molar-refractivity contribution in [2.45, 2.75) is 32.6 Å². The minimum atomic E-state index is 0.310. The highest BCUT2D eigenvalue weighted by molar-refractivity contribution is 5.58. The molecule has 0 amide bonds. The summed E-state index contributed by atoms with van der Waals surface area (Å²) in [6.45, 7) is 6.87. The van der Waals surface area contributed by atoms with Crippen LogP contribution in [0.3, 0.4) is 0 Å². The van der Waals surface area contributed by atoms with Crippen LogP contribution in [0.5, 0.6) is 0 Å². The van der Waals surface area contributed by atoms with Gasteiger partial charge >= 0.3 is 0 Å². The van der Waals surface area contributed by atoms with Gasteiger partial charge in [0.25, 0.3) is 0 Å². The van der Waals surface area contributed by atoms with Gasteiger partial charge < -0.3 is 15.5 Å². The lowest BCUT2D eigenvalue weighted by Gasteiger charge is -2.23. The number of hydrogen-bond acceptors (Lipinski definition) is 6. The Bertz CT molecular complexity index is 404. The molecule has 6 heteroatoms. The largest absolute Gasteiger partial charge is 0.381 e. The van der Waals surface area contributed by atoms with E-state index in [1.165, 1.54) is 6.33 Å². The molecule has 0 aromatic carbocycles. The van der Waals surface area contributed by atoms with Gasteiger partial charge in [-0.3, -0.25) is 0 Å². The average molecular weight is 265 g/mol. The van der Waals surface area contributed by atoms with Crippen molar-refractivity contribution in [3.63, 3.8) is 0 Å². The van der Waals surface area contributed by atoms with Crippen LogP contribution < -0.4 is 16.6 Å². The SMILES string of the molecule is CC(C)c1c(NN)ncnc1NCC1CCOCC1. The van der Waals surface area contributed by atoms with Crippen LogP contribution in [0.1, 0.15) is 38.2 Å². The molecule has 106 valence electrons. The third-order valence-corrected chi connectivity index (χ3v) is 3.50. The Kier molecular flexibility index (Phi) is 4.93. The zero-order valence-electron chi connectivity index (χ0n) is 11.6. The third-order valence-electron chi connectivity index (χ3n) is 3.50. The van der Waals surface area contributed by atoms with E-state index in [1.54, 1.807) is 0 Å². The molecule has 4 N–H and O–H groups in total. The Balaban J connectivity index is 2.06. The maximum Gasteiger partial charge on any atom is 0.148 e. The molecule has 1 aromatic heterocycles. The highest BCUT2D eigenvalue weighted by atomic mass is 16.5. The van der Waals surface area contributed by atoms with Crippen molar-refractivity contribution in [1.29, 1.82) is 0 Å². The van der Waals surface area contributed by atoms with Crippen molar-refractivity contribution >= 4 is 11.6 Å². The zero-order chi connectivity index (χ0) is 13.7. The maximum atomic E-state index is 5.51. The summed E-state index contributed by atoms with van der Waals surface area (Å²) in [4.78, 5) is 8.51. The Morgan fingerprint density at radius 3 is 2.63 bits per heavy atom. The quantitative estimate of drug-likeness (QED) is 0.555. The van der Waals surface area contributed by atoms with Crippen molar-refractivity contribution in [3.8, 4) is 0 Å². The molecule has 0 saturated carbocycles. The summed E-state index contributed by atoms with van der Waals surface area (Å²) in [5.74, 6) is 8.05. The number of hydrogen-bond donors (Lipinski definition) is 3. The Hall–Kier alpha value is -1.40. The van der Waals surface area contributed by atoms with Gasteiger partial charge in [0.05, 0.1) is 0 Å². The van der Waals surface area contributed by atoms with E-state index in [0.29, 0.717) is 17.7 Å². The van der Waals surface area contributed by atoms with E-state index >= 15 is 0 Å². The van der Waals surface area contributed by atoms with Gasteiger partial charge in [-0.1, -0.05) is 13.8 Å². The van der Waals surface area contributed by atoms with Crippen LogP contribution in [0.15, 0.2) is 6.33 Å². The van der Waals surface area contributed by atoms with Crippen LogP contribution in [0, 0.1) is 5.92 Å². The molecule has 0 spiro atoms. The molecule has 1 aliphatic heterocycles. The standard InChI is InChI=1S/C13H23N5O/c1-9(2)11-12(16-8-17-13(11)18-14)15-7-10-3-5-19-6-4-10/h8-10H,3-7,14H2,1-2H3,(H2,15,16,17,18). The molecule has 1 aliphatic rings. The molecule has 2 rings (SSSR count). The molecule has 0 bridgehead atoms. The molecular formula is C13H23N5O. The fraction of sp³-hybridized carbons (Fsp3) is 0.692. The lowest BCUT2D eigenvalue weighted by atomic mass is 10.00. The summed E-state index contributed by atoms with van der Waals surface area (Å²) in [7, 11) is 0. The topological polar surface area (TPSA) is 85.1 Å². The van der Waals surface area contributed by atoms with Gasteiger partial charge in [0.1, 0.15) is 18.0 Å². The molecule has 0 atom stereocenters. The Morgan fingerprint density at radius 2 is 2.00 bits per heavy atom. The zero-order valence-corrected chi connectivity index (χ0v) is 11.6. The molecule has 19 heavy (non-hydrogen) atoms. The summed E-state index contributed by atoms with van der Waals surface area (Å²) in [6.07, 6.45) is 3.75. The number of nitrogen functional groups attached to an aromatic ring is 1. The Morgan fingerprint density at radius 1 is 1.32 bits per heavy atom. The van der Waals surface area contributed by atoms with Crippen LogP contribution >= 0.6 is 0 Å². The summed E-state index contributed by atoms with van der Waals surface area (Å²) in [5.41, 5.74) is 3.68. The van der Waals surface area contributed by atoms with Gasteiger partial charge in [-0.05, 0) is 24.7 Å². The minimum absolute atomic E-state index is 0.310. The molecule has 0 radical (unpaired) electrons. The molecule has 0 unspecified atom stereocenters. The molecular weight excluding hydrogens is 242 g/mol. The second kappa shape index (κ2) is 6.68. The second-order valence-corrected chi connectivity index (χ2v) is 5.22. The average Bonchev–Trinajstić information content (AvgIpc) is 2.45. The monoisotopic (exact) mass is 265 g/mol. The first kappa shape index (κ1) is 14.0. The third kappa shape index (κ3) is 3.54. The molecule has 1 saturated heterocycles. The predicted octanol–water partition coefficient (Wildman–Crippen LogP) is 1.72. The summed E-state index contributed by atoms with van der Waals surface area (Å²) in [5, 5.41) is 3.44. The van der Waals surface area contributed by atoms with Gasteiger partial charge in [-0.2, -0.15) is 0 Å². The highest BCUT2D eigenvalue weighted by Crippen LogP contribution is 2.28. The lowest BCUT2D eigenvalue weighted by Crippen LogP contribution is -2.24. The molecule has 6 nitrogen and oxygen atoms in total. The van der Waals surface area contributed by atoms with E-state index in [1.807, 2.05) is 0 Å². The van der Waals surface area contributed by atoms with Crippen molar-refractivity contribution < 1.29 is 4.74 Å². The van der Waals surface area contributed by atoms with Crippen LogP contribution in [0.25, 0.3) is 0 Å².